The molecule has 220 valence electrons. The Bertz CT molecular complexity index is 1080. The number of nitrogens with one attached hydrogen (secondary N) is 1. The van der Waals surface area contributed by atoms with Crippen LogP contribution in [0.25, 0.3) is 0 Å². The number of carbonyl (C=O) groups is 3. The Morgan fingerprint density at radius 3 is 1.85 bits per heavy atom. The number of aromatic nitrogens is 2. The first kappa shape index (κ1) is 32.2. The van der Waals surface area contributed by atoms with E-state index in [-0.39, 0.29) is 37.1 Å². The lowest BCUT2D eigenvalue weighted by Gasteiger charge is -2.27. The molecule has 1 aromatic rings. The second-order valence-corrected chi connectivity index (χ2v) is 13.5. The molecule has 0 unspecified atom stereocenters. The molecule has 0 aliphatic carbocycles. The molecular formula is C27H43N3O9. The van der Waals surface area contributed by atoms with E-state index in [1.807, 2.05) is 62.3 Å². The molecule has 1 fully saturated rings. The predicted molar refractivity (Wildman–Crippen MR) is 141 cm³/mol. The van der Waals surface area contributed by atoms with Crippen LogP contribution < -0.4 is 11.2 Å². The highest BCUT2D eigenvalue weighted by Gasteiger charge is 2.51. The fourth-order valence-electron chi connectivity index (χ4n) is 3.91. The lowest BCUT2D eigenvalue weighted by atomic mass is 9.92. The molecule has 1 aliphatic rings. The van der Waals surface area contributed by atoms with Gasteiger partial charge in [0.25, 0.3) is 0 Å². The van der Waals surface area contributed by atoms with Crippen molar-refractivity contribution in [3.63, 3.8) is 0 Å². The number of esters is 3. The Labute approximate surface area is 229 Å². The molecule has 0 aromatic carbocycles. The van der Waals surface area contributed by atoms with E-state index < -0.39 is 59.0 Å². The number of rotatable bonds is 9. The summed E-state index contributed by atoms with van der Waals surface area (Å²) in [6.07, 6.45) is -3.18. The van der Waals surface area contributed by atoms with Crippen molar-refractivity contribution in [1.82, 2.24) is 9.55 Å². The number of anilines is 1. The maximum atomic E-state index is 12.9. The number of hydrogen-bond donors (Lipinski definition) is 2. The third-order valence-electron chi connectivity index (χ3n) is 5.47. The van der Waals surface area contributed by atoms with Crippen molar-refractivity contribution in [3.8, 4) is 0 Å². The zero-order valence-electron chi connectivity index (χ0n) is 24.4. The third kappa shape index (κ3) is 10.6. The van der Waals surface area contributed by atoms with Gasteiger partial charge >= 0.3 is 23.6 Å². The first-order valence-corrected chi connectivity index (χ1v) is 13.0. The van der Waals surface area contributed by atoms with Gasteiger partial charge in [0.2, 0.25) is 0 Å². The van der Waals surface area contributed by atoms with Gasteiger partial charge in [-0.2, -0.15) is 4.98 Å². The first-order valence-electron chi connectivity index (χ1n) is 13.0. The third-order valence-corrected chi connectivity index (χ3v) is 5.47. The van der Waals surface area contributed by atoms with Crippen LogP contribution in [0.4, 0.5) is 5.82 Å². The van der Waals surface area contributed by atoms with Crippen LogP contribution in [0, 0.1) is 16.2 Å². The van der Waals surface area contributed by atoms with Gasteiger partial charge in [0.15, 0.2) is 24.3 Å². The van der Waals surface area contributed by atoms with E-state index in [1.165, 1.54) is 12.3 Å². The molecule has 12 nitrogen and oxygen atoms in total. The van der Waals surface area contributed by atoms with E-state index in [0.29, 0.717) is 0 Å². The lowest BCUT2D eigenvalue weighted by Crippen LogP contribution is -2.43. The maximum Gasteiger partial charge on any atom is 0.351 e. The van der Waals surface area contributed by atoms with Crippen LogP contribution in [0.15, 0.2) is 17.1 Å². The molecule has 0 saturated carbocycles. The highest BCUT2D eigenvalue weighted by atomic mass is 16.7. The highest BCUT2D eigenvalue weighted by Crippen LogP contribution is 2.35. The summed E-state index contributed by atoms with van der Waals surface area (Å²) >= 11 is 0. The van der Waals surface area contributed by atoms with Crippen molar-refractivity contribution in [1.29, 1.82) is 0 Å². The van der Waals surface area contributed by atoms with Crippen LogP contribution >= 0.6 is 0 Å². The molecule has 1 aromatic heterocycles. The lowest BCUT2D eigenvalue weighted by molar-refractivity contribution is -0.171. The van der Waals surface area contributed by atoms with Crippen molar-refractivity contribution in [3.05, 3.63) is 22.7 Å². The summed E-state index contributed by atoms with van der Waals surface area (Å²) < 4.78 is 24.2. The van der Waals surface area contributed by atoms with Crippen LogP contribution in [0.1, 0.15) is 87.8 Å². The molecule has 0 amide bonds. The molecule has 2 rings (SSSR count). The van der Waals surface area contributed by atoms with Crippen LogP contribution in [0.2, 0.25) is 0 Å². The molecule has 2 heterocycles. The Balaban J connectivity index is 2.46. The highest BCUT2D eigenvalue weighted by molar-refractivity contribution is 5.72. The standard InChI is InChI=1S/C27H43N3O9/c1-25(2,3)12-18(31)36-15-16-21(38-19(32)13-26(4,5)6)22(39-20(33)14-27(7,8)9)23(37-16)30-11-10-17(29-35)28-24(30)34/h10-11,16,21-23,35H,12-15H2,1-9H3,(H,28,29,34)/t16-,21-,22-,23-/m1/s1. The minimum absolute atomic E-state index is 0.0463. The number of carbonyl (C=O) groups excluding carboxylic acids is 3. The average molecular weight is 554 g/mol. The van der Waals surface area contributed by atoms with Gasteiger partial charge in [0, 0.05) is 6.20 Å². The Kier molecular flexibility index (Phi) is 10.3. The Morgan fingerprint density at radius 2 is 1.38 bits per heavy atom. The Hall–Kier alpha value is -2.99. The van der Waals surface area contributed by atoms with Gasteiger partial charge in [-0.1, -0.05) is 62.3 Å². The average Bonchev–Trinajstić information content (AvgIpc) is 3.04. The molecular weight excluding hydrogens is 510 g/mol. The van der Waals surface area contributed by atoms with Crippen LogP contribution in [0.5, 0.6) is 0 Å². The molecule has 1 aliphatic heterocycles. The molecule has 0 radical (unpaired) electrons. The zero-order chi connectivity index (χ0) is 29.8. The van der Waals surface area contributed by atoms with E-state index in [9.17, 15) is 19.2 Å². The van der Waals surface area contributed by atoms with Crippen LogP contribution in [0.3, 0.4) is 0 Å². The monoisotopic (exact) mass is 553 g/mol. The van der Waals surface area contributed by atoms with E-state index in [0.717, 1.165) is 4.57 Å². The minimum Gasteiger partial charge on any atom is -0.463 e. The molecule has 2 N–H and O–H groups in total. The van der Waals surface area contributed by atoms with Crippen molar-refractivity contribution in [2.45, 2.75) is 106 Å². The second kappa shape index (κ2) is 12.5. The van der Waals surface area contributed by atoms with Crippen LogP contribution in [-0.4, -0.2) is 57.6 Å². The van der Waals surface area contributed by atoms with Gasteiger partial charge in [-0.05, 0) is 22.3 Å². The van der Waals surface area contributed by atoms with E-state index in [2.05, 4.69) is 4.98 Å². The van der Waals surface area contributed by atoms with Gasteiger partial charge in [0.05, 0.1) is 19.3 Å². The maximum absolute atomic E-state index is 12.9. The Morgan fingerprint density at radius 1 is 0.897 bits per heavy atom. The molecule has 4 atom stereocenters. The van der Waals surface area contributed by atoms with Gasteiger partial charge in [-0.25, -0.2) is 4.79 Å². The van der Waals surface area contributed by atoms with Crippen molar-refractivity contribution >= 4 is 23.7 Å². The largest absolute Gasteiger partial charge is 0.463 e. The molecule has 0 bridgehead atoms. The molecule has 12 heteroatoms. The van der Waals surface area contributed by atoms with E-state index >= 15 is 0 Å². The van der Waals surface area contributed by atoms with Gasteiger partial charge in [0.1, 0.15) is 12.7 Å². The van der Waals surface area contributed by atoms with Crippen LogP contribution in [-0.2, 0) is 33.3 Å². The van der Waals surface area contributed by atoms with Gasteiger partial charge in [-0.3, -0.25) is 29.6 Å². The topological polar surface area (TPSA) is 155 Å². The van der Waals surface area contributed by atoms with Gasteiger partial charge in [-0.15, -0.1) is 0 Å². The smallest absolute Gasteiger partial charge is 0.351 e. The normalized spacial score (nSPS) is 21.8. The summed E-state index contributed by atoms with van der Waals surface area (Å²) in [5.74, 6) is -1.73. The summed E-state index contributed by atoms with van der Waals surface area (Å²) in [4.78, 5) is 54.8. The minimum atomic E-state index is -1.25. The summed E-state index contributed by atoms with van der Waals surface area (Å²) in [7, 11) is 0. The van der Waals surface area contributed by atoms with Crippen molar-refractivity contribution in [2.24, 2.45) is 16.2 Å². The van der Waals surface area contributed by atoms with Crippen molar-refractivity contribution in [2.75, 3.05) is 12.1 Å². The van der Waals surface area contributed by atoms with E-state index in [1.54, 1.807) is 5.48 Å². The zero-order valence-corrected chi connectivity index (χ0v) is 24.4. The fourth-order valence-corrected chi connectivity index (χ4v) is 3.91. The number of nitrogens with zero attached hydrogens (tertiary/aromatic N) is 2. The van der Waals surface area contributed by atoms with E-state index in [4.69, 9.17) is 24.2 Å². The predicted octanol–water partition coefficient (Wildman–Crippen LogP) is 3.62. The second-order valence-electron chi connectivity index (χ2n) is 13.5. The summed E-state index contributed by atoms with van der Waals surface area (Å²) in [5.41, 5.74) is -0.138. The summed E-state index contributed by atoms with van der Waals surface area (Å²) in [6, 6.07) is 1.32. The SMILES string of the molecule is CC(C)(C)CC(=O)OC[C@H]1O[C@@H](n2ccc(NO)nc2=O)[C@H](OC(=O)CC(C)(C)C)[C@@H]1OC(=O)CC(C)(C)C. The van der Waals surface area contributed by atoms with Gasteiger partial charge < -0.3 is 18.9 Å². The van der Waals surface area contributed by atoms with Crippen molar-refractivity contribution < 1.29 is 38.5 Å². The number of hydrogen-bond acceptors (Lipinski definition) is 11. The first-order chi connectivity index (χ1) is 17.8. The molecule has 39 heavy (non-hydrogen) atoms. The molecule has 1 saturated heterocycles. The number of ether oxygens (including phenoxy) is 4. The molecule has 0 spiro atoms. The summed E-state index contributed by atoms with van der Waals surface area (Å²) in [6.45, 7) is 16.6. The summed E-state index contributed by atoms with van der Waals surface area (Å²) in [5, 5.41) is 9.11. The fraction of sp³-hybridized carbons (Fsp3) is 0.741. The quantitative estimate of drug-likeness (QED) is 0.262.